The van der Waals surface area contributed by atoms with Gasteiger partial charge in [-0.1, -0.05) is 48.5 Å². The van der Waals surface area contributed by atoms with E-state index in [0.717, 1.165) is 6.42 Å². The highest BCUT2D eigenvalue weighted by atomic mass is 16.3. The maximum absolute atomic E-state index is 11.9. The van der Waals surface area contributed by atoms with Crippen LogP contribution < -0.4 is 5.32 Å². The minimum atomic E-state index is -0.916. The summed E-state index contributed by atoms with van der Waals surface area (Å²) < 4.78 is 0. The van der Waals surface area contributed by atoms with Crippen LogP contribution in [0.4, 0.5) is 0 Å². The van der Waals surface area contributed by atoms with Gasteiger partial charge in [0.1, 0.15) is 0 Å². The molecular formula is C18H21NO2. The third kappa shape index (κ3) is 5.04. The summed E-state index contributed by atoms with van der Waals surface area (Å²) in [5, 5.41) is 13.1. The van der Waals surface area contributed by atoms with Gasteiger partial charge in [-0.15, -0.1) is 0 Å². The zero-order valence-electron chi connectivity index (χ0n) is 12.3. The van der Waals surface area contributed by atoms with Crippen molar-refractivity contribution in [2.75, 3.05) is 6.54 Å². The van der Waals surface area contributed by atoms with Gasteiger partial charge < -0.3 is 10.4 Å². The molecule has 0 aliphatic carbocycles. The van der Waals surface area contributed by atoms with E-state index < -0.39 is 5.60 Å². The van der Waals surface area contributed by atoms with E-state index in [-0.39, 0.29) is 12.5 Å². The van der Waals surface area contributed by atoms with Crippen molar-refractivity contribution in [1.29, 1.82) is 0 Å². The molecule has 1 unspecified atom stereocenters. The van der Waals surface area contributed by atoms with Crippen LogP contribution in [-0.4, -0.2) is 23.2 Å². The highest BCUT2D eigenvalue weighted by molar-refractivity contribution is 5.94. The Morgan fingerprint density at radius 2 is 1.62 bits per heavy atom. The van der Waals surface area contributed by atoms with Crippen LogP contribution in [0.3, 0.4) is 0 Å². The molecule has 2 N–H and O–H groups in total. The molecule has 21 heavy (non-hydrogen) atoms. The van der Waals surface area contributed by atoms with Crippen molar-refractivity contribution in [3.63, 3.8) is 0 Å². The minimum Gasteiger partial charge on any atom is -0.388 e. The summed E-state index contributed by atoms with van der Waals surface area (Å²) in [6.07, 6.45) is 1.39. The van der Waals surface area contributed by atoms with Crippen LogP contribution in [0.15, 0.2) is 60.7 Å². The number of carbonyl (C=O) groups is 1. The summed E-state index contributed by atoms with van der Waals surface area (Å²) in [5.74, 6) is -0.157. The molecule has 2 aromatic rings. The average Bonchev–Trinajstić information content (AvgIpc) is 2.53. The Labute approximate surface area is 125 Å². The van der Waals surface area contributed by atoms with Crippen LogP contribution in [0, 0.1) is 0 Å². The average molecular weight is 283 g/mol. The van der Waals surface area contributed by atoms with Crippen LogP contribution in [0.2, 0.25) is 0 Å². The monoisotopic (exact) mass is 283 g/mol. The molecule has 0 fully saturated rings. The normalized spacial score (nSPS) is 13.4. The van der Waals surface area contributed by atoms with Crippen molar-refractivity contribution in [2.45, 2.75) is 25.4 Å². The molecule has 1 amide bonds. The quantitative estimate of drug-likeness (QED) is 0.856. The van der Waals surface area contributed by atoms with Gasteiger partial charge in [-0.25, -0.2) is 0 Å². The van der Waals surface area contributed by atoms with E-state index in [9.17, 15) is 9.90 Å². The molecule has 1 atom stereocenters. The summed E-state index contributed by atoms with van der Waals surface area (Å²) in [6.45, 7) is 1.99. The summed E-state index contributed by atoms with van der Waals surface area (Å²) >= 11 is 0. The number of benzene rings is 2. The number of hydrogen-bond acceptors (Lipinski definition) is 2. The fourth-order valence-electron chi connectivity index (χ4n) is 2.11. The van der Waals surface area contributed by atoms with Gasteiger partial charge >= 0.3 is 0 Å². The molecule has 0 radical (unpaired) electrons. The Bertz CT molecular complexity index is 564. The number of amides is 1. The molecule has 0 bridgehead atoms. The van der Waals surface area contributed by atoms with E-state index in [2.05, 4.69) is 5.32 Å². The van der Waals surface area contributed by atoms with Crippen molar-refractivity contribution in [2.24, 2.45) is 0 Å². The summed E-state index contributed by atoms with van der Waals surface area (Å²) in [5.41, 5.74) is 0.879. The molecule has 0 aromatic heterocycles. The lowest BCUT2D eigenvalue weighted by Gasteiger charge is -2.23. The lowest BCUT2D eigenvalue weighted by Crippen LogP contribution is -2.40. The van der Waals surface area contributed by atoms with E-state index >= 15 is 0 Å². The van der Waals surface area contributed by atoms with Crippen molar-refractivity contribution in [3.8, 4) is 0 Å². The van der Waals surface area contributed by atoms with E-state index in [1.807, 2.05) is 48.5 Å². The Balaban J connectivity index is 1.82. The molecule has 3 nitrogen and oxygen atoms in total. The van der Waals surface area contributed by atoms with Gasteiger partial charge in [0.15, 0.2) is 0 Å². The number of carbonyl (C=O) groups excluding carboxylic acids is 1. The standard InChI is InChI=1S/C18H21NO2/c1-18(21,13-12-15-8-4-2-5-9-15)14-19-17(20)16-10-6-3-7-11-16/h2-11,21H,12-14H2,1H3,(H,19,20). The number of aryl methyl sites for hydroxylation is 1. The fraction of sp³-hybridized carbons (Fsp3) is 0.278. The zero-order chi connectivity index (χ0) is 15.1. The lowest BCUT2D eigenvalue weighted by molar-refractivity contribution is 0.0478. The summed E-state index contributed by atoms with van der Waals surface area (Å²) in [7, 11) is 0. The first-order valence-corrected chi connectivity index (χ1v) is 7.16. The number of aliphatic hydroxyl groups is 1. The van der Waals surface area contributed by atoms with Gasteiger partial charge in [0.05, 0.1) is 5.60 Å². The topological polar surface area (TPSA) is 49.3 Å². The first kappa shape index (κ1) is 15.3. The third-order valence-corrected chi connectivity index (χ3v) is 3.46. The second kappa shape index (κ2) is 7.04. The van der Waals surface area contributed by atoms with Gasteiger partial charge in [0.2, 0.25) is 0 Å². The van der Waals surface area contributed by atoms with E-state index in [4.69, 9.17) is 0 Å². The molecule has 2 aromatic carbocycles. The molecular weight excluding hydrogens is 262 g/mol. The largest absolute Gasteiger partial charge is 0.388 e. The number of nitrogens with one attached hydrogen (secondary N) is 1. The smallest absolute Gasteiger partial charge is 0.251 e. The SMILES string of the molecule is CC(O)(CCc1ccccc1)CNC(=O)c1ccccc1. The predicted octanol–water partition coefficient (Wildman–Crippen LogP) is 2.80. The Morgan fingerprint density at radius 3 is 2.24 bits per heavy atom. The first-order valence-electron chi connectivity index (χ1n) is 7.16. The summed E-state index contributed by atoms with van der Waals surface area (Å²) in [6, 6.07) is 19.1. The number of hydrogen-bond donors (Lipinski definition) is 2. The Hall–Kier alpha value is -2.13. The van der Waals surface area contributed by atoms with Crippen molar-refractivity contribution in [1.82, 2.24) is 5.32 Å². The van der Waals surface area contributed by atoms with E-state index in [1.54, 1.807) is 19.1 Å². The molecule has 3 heteroatoms. The van der Waals surface area contributed by atoms with E-state index in [1.165, 1.54) is 5.56 Å². The van der Waals surface area contributed by atoms with Crippen molar-refractivity contribution < 1.29 is 9.90 Å². The molecule has 0 heterocycles. The highest BCUT2D eigenvalue weighted by Crippen LogP contribution is 2.13. The van der Waals surface area contributed by atoms with Crippen LogP contribution in [0.5, 0.6) is 0 Å². The van der Waals surface area contributed by atoms with Gasteiger partial charge in [0.25, 0.3) is 5.91 Å². The van der Waals surface area contributed by atoms with Crippen molar-refractivity contribution >= 4 is 5.91 Å². The van der Waals surface area contributed by atoms with Gasteiger partial charge in [-0.2, -0.15) is 0 Å². The molecule has 0 spiro atoms. The van der Waals surface area contributed by atoms with Gasteiger partial charge in [0, 0.05) is 12.1 Å². The second-order valence-electron chi connectivity index (χ2n) is 5.53. The van der Waals surface area contributed by atoms with Crippen LogP contribution in [0.25, 0.3) is 0 Å². The zero-order valence-corrected chi connectivity index (χ0v) is 12.3. The molecule has 0 saturated heterocycles. The van der Waals surface area contributed by atoms with E-state index in [0.29, 0.717) is 12.0 Å². The summed E-state index contributed by atoms with van der Waals surface area (Å²) in [4.78, 5) is 11.9. The second-order valence-corrected chi connectivity index (χ2v) is 5.53. The maximum Gasteiger partial charge on any atom is 0.251 e. The molecule has 0 aliphatic heterocycles. The van der Waals surface area contributed by atoms with Crippen LogP contribution >= 0.6 is 0 Å². The molecule has 2 rings (SSSR count). The van der Waals surface area contributed by atoms with Crippen LogP contribution in [-0.2, 0) is 6.42 Å². The number of rotatable bonds is 6. The lowest BCUT2D eigenvalue weighted by atomic mass is 9.96. The predicted molar refractivity (Wildman–Crippen MR) is 84.2 cm³/mol. The fourth-order valence-corrected chi connectivity index (χ4v) is 2.11. The van der Waals surface area contributed by atoms with Crippen LogP contribution in [0.1, 0.15) is 29.3 Å². The van der Waals surface area contributed by atoms with Crippen molar-refractivity contribution in [3.05, 3.63) is 71.8 Å². The Morgan fingerprint density at radius 1 is 1.05 bits per heavy atom. The molecule has 0 saturated carbocycles. The third-order valence-electron chi connectivity index (χ3n) is 3.46. The highest BCUT2D eigenvalue weighted by Gasteiger charge is 2.21. The molecule has 0 aliphatic rings. The van der Waals surface area contributed by atoms with Gasteiger partial charge in [-0.3, -0.25) is 4.79 Å². The Kier molecular flexibility index (Phi) is 5.12. The van der Waals surface area contributed by atoms with Gasteiger partial charge in [-0.05, 0) is 37.5 Å². The minimum absolute atomic E-state index is 0.157. The maximum atomic E-state index is 11.9. The molecule has 110 valence electrons. The first-order chi connectivity index (χ1) is 10.1.